The first-order valence-electron chi connectivity index (χ1n) is 9.08. The van der Waals surface area contributed by atoms with Crippen molar-refractivity contribution in [1.82, 2.24) is 24.6 Å². The average molecular weight is 348 g/mol. The number of hydrogen-bond acceptors (Lipinski definition) is 5. The quantitative estimate of drug-likeness (QED) is 0.782. The van der Waals surface area contributed by atoms with Crippen molar-refractivity contribution >= 4 is 11.6 Å². The zero-order valence-electron chi connectivity index (χ0n) is 15.3. The third-order valence-corrected chi connectivity index (χ3v) is 5.06. The van der Waals surface area contributed by atoms with Crippen LogP contribution in [0.25, 0.3) is 5.69 Å². The minimum Gasteiger partial charge on any atom is -0.321 e. The van der Waals surface area contributed by atoms with Crippen molar-refractivity contribution in [2.75, 3.05) is 25.5 Å². The molecule has 0 saturated carbocycles. The number of aromatic nitrogens is 4. The number of piperidine rings is 1. The Hall–Kier alpha value is -2.73. The van der Waals surface area contributed by atoms with E-state index < -0.39 is 0 Å². The molecule has 6 nitrogen and oxygen atoms in total. The number of pyridine rings is 1. The fraction of sp³-hybridized carbons (Fsp3) is 0.350. The maximum Gasteiger partial charge on any atom is 0.247 e. The molecule has 0 atom stereocenters. The Morgan fingerprint density at radius 3 is 2.62 bits per heavy atom. The van der Waals surface area contributed by atoms with Gasteiger partial charge in [-0.3, -0.25) is 4.98 Å². The summed E-state index contributed by atoms with van der Waals surface area (Å²) in [6, 6.07) is 12.2. The van der Waals surface area contributed by atoms with Crippen LogP contribution >= 0.6 is 0 Å². The largest absolute Gasteiger partial charge is 0.321 e. The van der Waals surface area contributed by atoms with Gasteiger partial charge < -0.3 is 10.2 Å². The Bertz CT molecular complexity index is 865. The molecule has 1 fully saturated rings. The Balaban J connectivity index is 1.53. The van der Waals surface area contributed by atoms with Gasteiger partial charge in [0, 0.05) is 6.20 Å². The summed E-state index contributed by atoms with van der Waals surface area (Å²) in [5, 5.41) is 7.86. The molecular weight excluding hydrogens is 324 g/mol. The van der Waals surface area contributed by atoms with E-state index in [4.69, 9.17) is 0 Å². The summed E-state index contributed by atoms with van der Waals surface area (Å²) in [6.45, 7) is 4.30. The van der Waals surface area contributed by atoms with E-state index >= 15 is 0 Å². The molecule has 0 spiro atoms. The lowest BCUT2D eigenvalue weighted by atomic mass is 9.90. The highest BCUT2D eigenvalue weighted by molar-refractivity contribution is 5.57. The molecule has 4 rings (SSSR count). The molecule has 0 bridgehead atoms. The monoisotopic (exact) mass is 348 g/mol. The topological polar surface area (TPSA) is 58.9 Å². The second-order valence-corrected chi connectivity index (χ2v) is 6.95. The standard InChI is InChI=1S/C20H24N6/c1-15-19(12-17(13-21-15)16-8-10-25(2)11-9-16)23-20-22-14-26(24-20)18-6-4-3-5-7-18/h3-7,12-14,16H,8-11H2,1-2H3,(H,23,24). The molecule has 6 heteroatoms. The molecule has 0 amide bonds. The van der Waals surface area contributed by atoms with Crippen molar-refractivity contribution in [3.05, 3.63) is 60.2 Å². The highest BCUT2D eigenvalue weighted by Crippen LogP contribution is 2.30. The minimum atomic E-state index is 0.578. The maximum absolute atomic E-state index is 4.60. The molecule has 0 unspecified atom stereocenters. The number of anilines is 2. The van der Waals surface area contributed by atoms with E-state index in [-0.39, 0.29) is 0 Å². The van der Waals surface area contributed by atoms with Crippen LogP contribution in [0.2, 0.25) is 0 Å². The van der Waals surface area contributed by atoms with E-state index in [1.807, 2.05) is 43.5 Å². The molecule has 134 valence electrons. The first-order chi connectivity index (χ1) is 12.7. The zero-order chi connectivity index (χ0) is 17.9. The maximum atomic E-state index is 4.60. The first-order valence-corrected chi connectivity index (χ1v) is 9.08. The van der Waals surface area contributed by atoms with E-state index in [1.165, 1.54) is 18.4 Å². The number of aryl methyl sites for hydroxylation is 1. The SMILES string of the molecule is Cc1ncc(C2CCN(C)CC2)cc1Nc1ncn(-c2ccccc2)n1. The van der Waals surface area contributed by atoms with Crippen LogP contribution in [0.15, 0.2) is 48.9 Å². The van der Waals surface area contributed by atoms with Gasteiger partial charge >= 0.3 is 0 Å². The van der Waals surface area contributed by atoms with Gasteiger partial charge in [0.15, 0.2) is 0 Å². The number of hydrogen-bond donors (Lipinski definition) is 1. The summed E-state index contributed by atoms with van der Waals surface area (Å²) in [7, 11) is 2.19. The van der Waals surface area contributed by atoms with E-state index in [1.54, 1.807) is 11.0 Å². The highest BCUT2D eigenvalue weighted by atomic mass is 15.4. The smallest absolute Gasteiger partial charge is 0.247 e. The molecule has 2 aromatic heterocycles. The molecule has 1 aromatic carbocycles. The lowest BCUT2D eigenvalue weighted by molar-refractivity contribution is 0.255. The average Bonchev–Trinajstić information content (AvgIpc) is 3.14. The second kappa shape index (κ2) is 7.25. The third-order valence-electron chi connectivity index (χ3n) is 5.06. The van der Waals surface area contributed by atoms with Crippen molar-refractivity contribution in [2.24, 2.45) is 0 Å². The predicted molar refractivity (Wildman–Crippen MR) is 103 cm³/mol. The van der Waals surface area contributed by atoms with Crippen molar-refractivity contribution in [2.45, 2.75) is 25.7 Å². The first kappa shape index (κ1) is 16.7. The Labute approximate surface area is 153 Å². The summed E-state index contributed by atoms with van der Waals surface area (Å²) in [6.07, 6.45) is 6.11. The molecule has 26 heavy (non-hydrogen) atoms. The van der Waals surface area contributed by atoms with Crippen LogP contribution < -0.4 is 5.32 Å². The number of benzene rings is 1. The molecule has 3 aromatic rings. The highest BCUT2D eigenvalue weighted by Gasteiger charge is 2.19. The lowest BCUT2D eigenvalue weighted by Crippen LogP contribution is -2.29. The summed E-state index contributed by atoms with van der Waals surface area (Å²) in [5.74, 6) is 1.16. The van der Waals surface area contributed by atoms with Gasteiger partial charge in [0.1, 0.15) is 6.33 Å². The molecule has 0 aliphatic carbocycles. The summed E-state index contributed by atoms with van der Waals surface area (Å²) >= 11 is 0. The van der Waals surface area contributed by atoms with Gasteiger partial charge in [0.25, 0.3) is 0 Å². The van der Waals surface area contributed by atoms with Crippen molar-refractivity contribution in [3.63, 3.8) is 0 Å². The Kier molecular flexibility index (Phi) is 4.67. The molecule has 3 heterocycles. The van der Waals surface area contributed by atoms with E-state index in [2.05, 4.69) is 38.4 Å². The minimum absolute atomic E-state index is 0.578. The summed E-state index contributed by atoms with van der Waals surface area (Å²) in [5.41, 5.74) is 4.22. The van der Waals surface area contributed by atoms with Crippen LogP contribution in [-0.4, -0.2) is 44.8 Å². The van der Waals surface area contributed by atoms with Crippen LogP contribution in [-0.2, 0) is 0 Å². The van der Waals surface area contributed by atoms with Gasteiger partial charge in [0.05, 0.1) is 17.1 Å². The number of rotatable bonds is 4. The number of para-hydroxylation sites is 1. The number of nitrogens with zero attached hydrogens (tertiary/aromatic N) is 5. The summed E-state index contributed by atoms with van der Waals surface area (Å²) in [4.78, 5) is 11.4. The van der Waals surface area contributed by atoms with Crippen LogP contribution in [0.4, 0.5) is 11.6 Å². The van der Waals surface area contributed by atoms with Crippen molar-refractivity contribution in [3.8, 4) is 5.69 Å². The van der Waals surface area contributed by atoms with Gasteiger partial charge in [0.2, 0.25) is 5.95 Å². The second-order valence-electron chi connectivity index (χ2n) is 6.95. The van der Waals surface area contributed by atoms with Crippen LogP contribution in [0, 0.1) is 6.92 Å². The molecule has 1 saturated heterocycles. The Morgan fingerprint density at radius 1 is 1.08 bits per heavy atom. The van der Waals surface area contributed by atoms with Gasteiger partial charge in [-0.2, -0.15) is 4.98 Å². The fourth-order valence-corrected chi connectivity index (χ4v) is 3.39. The van der Waals surface area contributed by atoms with E-state index in [9.17, 15) is 0 Å². The summed E-state index contributed by atoms with van der Waals surface area (Å²) < 4.78 is 1.77. The van der Waals surface area contributed by atoms with Crippen LogP contribution in [0.3, 0.4) is 0 Å². The molecular formula is C20H24N6. The van der Waals surface area contributed by atoms with Crippen molar-refractivity contribution in [1.29, 1.82) is 0 Å². The van der Waals surface area contributed by atoms with Crippen LogP contribution in [0.5, 0.6) is 0 Å². The Morgan fingerprint density at radius 2 is 1.85 bits per heavy atom. The van der Waals surface area contributed by atoms with Gasteiger partial charge in [-0.05, 0) is 69.6 Å². The van der Waals surface area contributed by atoms with Gasteiger partial charge in [-0.15, -0.1) is 5.10 Å². The zero-order valence-corrected chi connectivity index (χ0v) is 15.3. The lowest BCUT2D eigenvalue weighted by Gasteiger charge is -2.29. The van der Waals surface area contributed by atoms with E-state index in [0.29, 0.717) is 11.9 Å². The normalized spacial score (nSPS) is 15.9. The molecule has 1 N–H and O–H groups in total. The molecule has 0 radical (unpaired) electrons. The van der Waals surface area contributed by atoms with Gasteiger partial charge in [-0.25, -0.2) is 4.68 Å². The molecule has 1 aliphatic rings. The molecule has 1 aliphatic heterocycles. The third kappa shape index (κ3) is 3.60. The van der Waals surface area contributed by atoms with Crippen LogP contribution in [0.1, 0.15) is 30.0 Å². The van der Waals surface area contributed by atoms with Crippen molar-refractivity contribution < 1.29 is 0 Å². The van der Waals surface area contributed by atoms with E-state index in [0.717, 1.165) is 30.2 Å². The fourth-order valence-electron chi connectivity index (χ4n) is 3.39. The number of nitrogens with one attached hydrogen (secondary N) is 1. The number of likely N-dealkylation sites (tertiary alicyclic amines) is 1. The van der Waals surface area contributed by atoms with Gasteiger partial charge in [-0.1, -0.05) is 18.2 Å². The predicted octanol–water partition coefficient (Wildman–Crippen LogP) is 3.52.